The molecule has 1 aromatic carbocycles. The lowest BCUT2D eigenvalue weighted by Crippen LogP contribution is -2.51. The first kappa shape index (κ1) is 17.9. The lowest BCUT2D eigenvalue weighted by atomic mass is 9.94. The van der Waals surface area contributed by atoms with E-state index in [-0.39, 0.29) is 30.3 Å². The lowest BCUT2D eigenvalue weighted by Gasteiger charge is -2.36. The molecule has 2 atom stereocenters. The Kier molecular flexibility index (Phi) is 4.83. The summed E-state index contributed by atoms with van der Waals surface area (Å²) in [5, 5.41) is 1.17. The van der Waals surface area contributed by atoms with E-state index in [4.69, 9.17) is 0 Å². The molecule has 5 rings (SSSR count). The molecular formula is C21H26N4O2. The topological polar surface area (TPSA) is 56.8 Å². The van der Waals surface area contributed by atoms with Crippen LogP contribution in [0.2, 0.25) is 0 Å². The molecule has 3 fully saturated rings. The summed E-state index contributed by atoms with van der Waals surface area (Å²) < 4.78 is 0. The van der Waals surface area contributed by atoms with Crippen LogP contribution in [-0.4, -0.2) is 71.3 Å². The molecule has 0 spiro atoms. The van der Waals surface area contributed by atoms with Crippen molar-refractivity contribution in [3.8, 4) is 0 Å². The van der Waals surface area contributed by atoms with Crippen LogP contribution in [0.1, 0.15) is 18.4 Å². The molecule has 1 aromatic heterocycles. The first-order valence-corrected chi connectivity index (χ1v) is 9.58. The molecule has 3 saturated heterocycles. The fourth-order valence-electron chi connectivity index (χ4n) is 4.29. The van der Waals surface area contributed by atoms with Crippen LogP contribution in [0.15, 0.2) is 36.5 Å². The van der Waals surface area contributed by atoms with Crippen LogP contribution in [0, 0.1) is 5.92 Å². The summed E-state index contributed by atoms with van der Waals surface area (Å²) in [5.41, 5.74) is 2.24. The molecule has 27 heavy (non-hydrogen) atoms. The van der Waals surface area contributed by atoms with Crippen molar-refractivity contribution < 1.29 is 9.59 Å². The third kappa shape index (κ3) is 3.54. The van der Waals surface area contributed by atoms with Crippen molar-refractivity contribution in [1.29, 1.82) is 0 Å². The summed E-state index contributed by atoms with van der Waals surface area (Å²) in [6.45, 7) is 2.58. The van der Waals surface area contributed by atoms with E-state index in [1.165, 1.54) is 10.9 Å². The molecule has 0 aliphatic carbocycles. The lowest BCUT2D eigenvalue weighted by molar-refractivity contribution is -0.145. The number of fused-ring (bicyclic) bond motifs is 5. The van der Waals surface area contributed by atoms with E-state index >= 15 is 0 Å². The predicted molar refractivity (Wildman–Crippen MR) is 104 cm³/mol. The van der Waals surface area contributed by atoms with Gasteiger partial charge in [-0.05, 0) is 30.5 Å². The quantitative estimate of drug-likeness (QED) is 0.827. The average Bonchev–Trinajstić information content (AvgIpc) is 2.93. The number of amides is 2. The average molecular weight is 366 g/mol. The number of carbonyl (C=O) groups is 2. The number of likely N-dealkylation sites (N-methyl/N-ethyl adjacent to an activating group) is 1. The van der Waals surface area contributed by atoms with Gasteiger partial charge in [0.25, 0.3) is 0 Å². The summed E-state index contributed by atoms with van der Waals surface area (Å²) in [5.74, 6) is 0.123. The maximum atomic E-state index is 12.9. The monoisotopic (exact) mass is 366 g/mol. The number of pyridine rings is 1. The largest absolute Gasteiger partial charge is 0.347 e. The Morgan fingerprint density at radius 2 is 2.00 bits per heavy atom. The van der Waals surface area contributed by atoms with Crippen LogP contribution in [-0.2, 0) is 16.1 Å². The Hall–Kier alpha value is -2.47. The van der Waals surface area contributed by atoms with Gasteiger partial charge in [-0.15, -0.1) is 0 Å². The number of benzene rings is 1. The third-order valence-electron chi connectivity index (χ3n) is 5.81. The fraction of sp³-hybridized carbons (Fsp3) is 0.476. The summed E-state index contributed by atoms with van der Waals surface area (Å²) in [4.78, 5) is 35.3. The third-order valence-corrected chi connectivity index (χ3v) is 5.81. The van der Waals surface area contributed by atoms with E-state index in [2.05, 4.69) is 22.0 Å². The first-order chi connectivity index (χ1) is 13.0. The van der Waals surface area contributed by atoms with Gasteiger partial charge in [0.05, 0.1) is 11.4 Å². The Bertz CT molecular complexity index is 861. The summed E-state index contributed by atoms with van der Waals surface area (Å²) in [6, 6.07) is 10.4. The highest BCUT2D eigenvalue weighted by Crippen LogP contribution is 2.30. The minimum Gasteiger partial charge on any atom is -0.347 e. The molecule has 6 heteroatoms. The highest BCUT2D eigenvalue weighted by atomic mass is 16.2. The van der Waals surface area contributed by atoms with E-state index in [0.717, 1.165) is 38.0 Å². The second kappa shape index (κ2) is 7.27. The van der Waals surface area contributed by atoms with Gasteiger partial charge in [-0.25, -0.2) is 0 Å². The van der Waals surface area contributed by atoms with Crippen molar-refractivity contribution in [2.24, 2.45) is 5.92 Å². The van der Waals surface area contributed by atoms with Gasteiger partial charge >= 0.3 is 0 Å². The van der Waals surface area contributed by atoms with Crippen LogP contribution < -0.4 is 0 Å². The van der Waals surface area contributed by atoms with Crippen molar-refractivity contribution in [3.05, 3.63) is 42.1 Å². The van der Waals surface area contributed by atoms with Crippen LogP contribution in [0.4, 0.5) is 0 Å². The Morgan fingerprint density at radius 3 is 2.81 bits per heavy atom. The van der Waals surface area contributed by atoms with Gasteiger partial charge in [-0.2, -0.15) is 0 Å². The van der Waals surface area contributed by atoms with Crippen molar-refractivity contribution in [3.63, 3.8) is 0 Å². The number of aromatic nitrogens is 1. The van der Waals surface area contributed by atoms with Gasteiger partial charge in [0.15, 0.2) is 0 Å². The molecule has 0 saturated carbocycles. The summed E-state index contributed by atoms with van der Waals surface area (Å²) in [7, 11) is 3.48. The Balaban J connectivity index is 1.55. The first-order valence-electron chi connectivity index (χ1n) is 9.58. The zero-order valence-electron chi connectivity index (χ0n) is 16.0. The van der Waals surface area contributed by atoms with Crippen molar-refractivity contribution >= 4 is 22.7 Å². The predicted octanol–water partition coefficient (Wildman–Crippen LogP) is 1.75. The van der Waals surface area contributed by atoms with Crippen molar-refractivity contribution in [1.82, 2.24) is 19.7 Å². The number of nitrogens with zero attached hydrogens (tertiary/aromatic N) is 4. The standard InChI is InChI=1S/C21H26N4O2/c1-23(2)20(26)14-25-17-8-7-16(21(25)27)12-24(13-17)11-15-9-10-22-19-6-4-3-5-18(15)19/h3-6,9-10,16-17H,7-8,11-14H2,1-2H3/t16-,17+/m1/s1. The molecule has 2 amide bonds. The van der Waals surface area contributed by atoms with E-state index in [1.807, 2.05) is 29.3 Å². The Labute approximate surface area is 159 Å². The van der Waals surface area contributed by atoms with E-state index < -0.39 is 0 Å². The molecule has 0 unspecified atom stereocenters. The van der Waals surface area contributed by atoms with Gasteiger partial charge < -0.3 is 9.80 Å². The molecule has 0 radical (unpaired) electrons. The zero-order chi connectivity index (χ0) is 19.0. The second-order valence-electron chi connectivity index (χ2n) is 7.86. The van der Waals surface area contributed by atoms with Gasteiger partial charge in [0, 0.05) is 51.4 Å². The van der Waals surface area contributed by atoms with E-state index in [9.17, 15) is 9.59 Å². The van der Waals surface area contributed by atoms with Gasteiger partial charge in [0.2, 0.25) is 11.8 Å². The molecule has 142 valence electrons. The number of piperidine rings is 1. The maximum Gasteiger partial charge on any atom is 0.241 e. The molecule has 3 aliphatic rings. The minimum atomic E-state index is -0.0115. The molecule has 3 aliphatic heterocycles. The maximum absolute atomic E-state index is 12.9. The summed E-state index contributed by atoms with van der Waals surface area (Å²) in [6.07, 6.45) is 3.76. The number of carbonyl (C=O) groups excluding carboxylic acids is 2. The van der Waals surface area contributed by atoms with Crippen LogP contribution in [0.3, 0.4) is 0 Å². The second-order valence-corrected chi connectivity index (χ2v) is 7.86. The molecule has 0 N–H and O–H groups in total. The van der Waals surface area contributed by atoms with E-state index in [0.29, 0.717) is 0 Å². The van der Waals surface area contributed by atoms with Crippen LogP contribution >= 0.6 is 0 Å². The fourth-order valence-corrected chi connectivity index (χ4v) is 4.29. The Morgan fingerprint density at radius 1 is 1.19 bits per heavy atom. The van der Waals surface area contributed by atoms with E-state index in [1.54, 1.807) is 19.0 Å². The molecule has 6 nitrogen and oxygen atoms in total. The smallest absolute Gasteiger partial charge is 0.241 e. The SMILES string of the molecule is CN(C)C(=O)CN1C(=O)[C@@H]2CC[C@H]1CN(Cc1ccnc3ccccc13)C2. The summed E-state index contributed by atoms with van der Waals surface area (Å²) >= 11 is 0. The van der Waals surface area contributed by atoms with Crippen molar-refractivity contribution in [2.75, 3.05) is 33.7 Å². The zero-order valence-corrected chi connectivity index (χ0v) is 16.0. The number of rotatable bonds is 4. The highest BCUT2D eigenvalue weighted by molar-refractivity contribution is 5.87. The normalized spacial score (nSPS) is 22.9. The van der Waals surface area contributed by atoms with Gasteiger partial charge in [-0.1, -0.05) is 18.2 Å². The number of para-hydroxylation sites is 1. The number of hydrogen-bond acceptors (Lipinski definition) is 4. The molecule has 2 bridgehead atoms. The minimum absolute atomic E-state index is 0.00758. The highest BCUT2D eigenvalue weighted by Gasteiger charge is 2.41. The molecule has 2 aromatic rings. The number of hydrogen-bond donors (Lipinski definition) is 0. The van der Waals surface area contributed by atoms with Gasteiger partial charge in [-0.3, -0.25) is 19.5 Å². The van der Waals surface area contributed by atoms with Crippen LogP contribution in [0.5, 0.6) is 0 Å². The van der Waals surface area contributed by atoms with Crippen LogP contribution in [0.25, 0.3) is 10.9 Å². The van der Waals surface area contributed by atoms with Gasteiger partial charge in [0.1, 0.15) is 6.54 Å². The molecule has 4 heterocycles. The van der Waals surface area contributed by atoms with Crippen molar-refractivity contribution in [2.45, 2.75) is 25.4 Å². The molecular weight excluding hydrogens is 340 g/mol.